The van der Waals surface area contributed by atoms with E-state index >= 15 is 0 Å². The van der Waals surface area contributed by atoms with Crippen LogP contribution in [-0.2, 0) is 9.53 Å². The molecular weight excluding hydrogens is 240 g/mol. The molecule has 0 radical (unpaired) electrons. The Balaban J connectivity index is 1.94. The van der Waals surface area contributed by atoms with Gasteiger partial charge in [-0.3, -0.25) is 9.59 Å². The van der Waals surface area contributed by atoms with Gasteiger partial charge in [0.1, 0.15) is 0 Å². The molecule has 1 aliphatic rings. The lowest BCUT2D eigenvalue weighted by Crippen LogP contribution is -2.39. The smallest absolute Gasteiger partial charge is 0.312 e. The van der Waals surface area contributed by atoms with Gasteiger partial charge in [-0.1, -0.05) is 36.8 Å². The van der Waals surface area contributed by atoms with E-state index < -0.39 is 0 Å². The molecule has 0 heterocycles. The summed E-state index contributed by atoms with van der Waals surface area (Å²) in [5.41, 5.74) is 0.335. The van der Waals surface area contributed by atoms with Gasteiger partial charge in [-0.15, -0.1) is 0 Å². The number of carbonyl (C=O) groups excluding carboxylic acids is 2. The highest BCUT2D eigenvalue weighted by molar-refractivity contribution is 5.96. The van der Waals surface area contributed by atoms with E-state index in [4.69, 9.17) is 4.74 Å². The first-order valence-electron chi connectivity index (χ1n) is 6.93. The molecule has 1 aromatic carbocycles. The first-order chi connectivity index (χ1) is 9.18. The number of ketones is 1. The van der Waals surface area contributed by atoms with Gasteiger partial charge in [-0.25, -0.2) is 0 Å². The topological polar surface area (TPSA) is 43.4 Å². The molecule has 0 aliphatic heterocycles. The van der Waals surface area contributed by atoms with E-state index in [0.29, 0.717) is 19.4 Å². The third-order valence-electron chi connectivity index (χ3n) is 3.95. The minimum Gasteiger partial charge on any atom is -0.466 e. The number of hydrogen-bond donors (Lipinski definition) is 0. The molecule has 0 amide bonds. The average Bonchev–Trinajstić information content (AvgIpc) is 2.38. The Morgan fingerprint density at radius 1 is 1.21 bits per heavy atom. The maximum atomic E-state index is 12.1. The molecule has 3 heteroatoms. The first kappa shape index (κ1) is 13.8. The van der Waals surface area contributed by atoms with Gasteiger partial charge < -0.3 is 4.74 Å². The summed E-state index contributed by atoms with van der Waals surface area (Å²) >= 11 is 0. The van der Waals surface area contributed by atoms with E-state index in [1.165, 1.54) is 0 Å². The Hall–Kier alpha value is -1.64. The Morgan fingerprint density at radius 3 is 2.42 bits per heavy atom. The van der Waals surface area contributed by atoms with Gasteiger partial charge in [-0.05, 0) is 26.2 Å². The molecule has 0 bridgehead atoms. The number of hydrogen-bond acceptors (Lipinski definition) is 3. The largest absolute Gasteiger partial charge is 0.466 e. The first-order valence-corrected chi connectivity index (χ1v) is 6.93. The van der Waals surface area contributed by atoms with E-state index in [2.05, 4.69) is 0 Å². The second kappa shape index (κ2) is 6.00. The second-order valence-corrected chi connectivity index (χ2v) is 5.14. The molecule has 102 valence electrons. The molecule has 0 N–H and O–H groups in total. The van der Waals surface area contributed by atoms with Crippen LogP contribution in [0, 0.1) is 5.41 Å². The normalized spacial score (nSPS) is 16.5. The number of ether oxygens (including phenoxy) is 1. The monoisotopic (exact) mass is 260 g/mol. The van der Waals surface area contributed by atoms with Crippen molar-refractivity contribution < 1.29 is 14.3 Å². The van der Waals surface area contributed by atoms with Crippen molar-refractivity contribution in [2.45, 2.75) is 39.0 Å². The van der Waals surface area contributed by atoms with Crippen molar-refractivity contribution >= 4 is 11.8 Å². The standard InChI is InChI=1S/C16H20O3/c1-2-19-15(18)16(10-6-11-16)12-9-14(17)13-7-4-3-5-8-13/h3-5,7-8H,2,6,9-12H2,1H3. The van der Waals surface area contributed by atoms with Crippen molar-refractivity contribution in [2.24, 2.45) is 5.41 Å². The van der Waals surface area contributed by atoms with Gasteiger partial charge in [0.25, 0.3) is 0 Å². The van der Waals surface area contributed by atoms with Gasteiger partial charge >= 0.3 is 5.97 Å². The minimum absolute atomic E-state index is 0.108. The molecule has 0 saturated heterocycles. The van der Waals surface area contributed by atoms with Crippen molar-refractivity contribution in [3.05, 3.63) is 35.9 Å². The third-order valence-corrected chi connectivity index (χ3v) is 3.95. The van der Waals surface area contributed by atoms with Crippen molar-refractivity contribution in [3.8, 4) is 0 Å². The van der Waals surface area contributed by atoms with Crippen LogP contribution >= 0.6 is 0 Å². The van der Waals surface area contributed by atoms with Crippen LogP contribution in [0.25, 0.3) is 0 Å². The fourth-order valence-corrected chi connectivity index (χ4v) is 2.57. The predicted molar refractivity (Wildman–Crippen MR) is 72.9 cm³/mol. The highest BCUT2D eigenvalue weighted by Gasteiger charge is 2.45. The second-order valence-electron chi connectivity index (χ2n) is 5.14. The number of rotatable bonds is 6. The Labute approximate surface area is 114 Å². The van der Waals surface area contributed by atoms with E-state index in [0.717, 1.165) is 24.8 Å². The number of carbonyl (C=O) groups is 2. The molecule has 0 aromatic heterocycles. The van der Waals surface area contributed by atoms with Crippen LogP contribution in [0.5, 0.6) is 0 Å². The van der Waals surface area contributed by atoms with Gasteiger partial charge in [0, 0.05) is 12.0 Å². The Kier molecular flexibility index (Phi) is 4.35. The van der Waals surface area contributed by atoms with Crippen LogP contribution in [0.4, 0.5) is 0 Å². The maximum Gasteiger partial charge on any atom is 0.312 e. The van der Waals surface area contributed by atoms with Crippen molar-refractivity contribution in [1.82, 2.24) is 0 Å². The summed E-state index contributed by atoms with van der Waals surface area (Å²) < 4.78 is 5.14. The van der Waals surface area contributed by atoms with Crippen LogP contribution in [0.2, 0.25) is 0 Å². The van der Waals surface area contributed by atoms with Gasteiger partial charge in [0.05, 0.1) is 12.0 Å². The molecular formula is C16H20O3. The minimum atomic E-state index is -0.388. The van der Waals surface area contributed by atoms with Crippen LogP contribution in [-0.4, -0.2) is 18.4 Å². The number of Topliss-reactive ketones (excluding diaryl/α,β-unsaturated/α-hetero) is 1. The molecule has 1 saturated carbocycles. The predicted octanol–water partition coefficient (Wildman–Crippen LogP) is 3.38. The molecule has 0 unspecified atom stereocenters. The summed E-state index contributed by atoms with van der Waals surface area (Å²) in [6.45, 7) is 2.23. The van der Waals surface area contributed by atoms with Gasteiger partial charge in [0.2, 0.25) is 0 Å². The quantitative estimate of drug-likeness (QED) is 0.581. The third kappa shape index (κ3) is 3.03. The summed E-state index contributed by atoms with van der Waals surface area (Å²) in [6.07, 6.45) is 3.79. The van der Waals surface area contributed by atoms with Crippen molar-refractivity contribution in [2.75, 3.05) is 6.61 Å². The lowest BCUT2D eigenvalue weighted by Gasteiger charge is -2.39. The lowest BCUT2D eigenvalue weighted by molar-refractivity contribution is -0.161. The fraction of sp³-hybridized carbons (Fsp3) is 0.500. The number of benzene rings is 1. The van der Waals surface area contributed by atoms with Crippen LogP contribution in [0.1, 0.15) is 49.4 Å². The highest BCUT2D eigenvalue weighted by Crippen LogP contribution is 2.46. The van der Waals surface area contributed by atoms with E-state index in [1.807, 2.05) is 37.3 Å². The summed E-state index contributed by atoms with van der Waals surface area (Å²) in [7, 11) is 0. The van der Waals surface area contributed by atoms with Gasteiger partial charge in [0.15, 0.2) is 5.78 Å². The Morgan fingerprint density at radius 2 is 1.89 bits per heavy atom. The van der Waals surface area contributed by atoms with Crippen LogP contribution < -0.4 is 0 Å². The zero-order chi connectivity index (χ0) is 13.7. The summed E-state index contributed by atoms with van der Waals surface area (Å²) in [5.74, 6) is -0.0155. The van der Waals surface area contributed by atoms with Gasteiger partial charge in [-0.2, -0.15) is 0 Å². The van der Waals surface area contributed by atoms with Crippen LogP contribution in [0.15, 0.2) is 30.3 Å². The molecule has 3 nitrogen and oxygen atoms in total. The van der Waals surface area contributed by atoms with Crippen molar-refractivity contribution in [1.29, 1.82) is 0 Å². The van der Waals surface area contributed by atoms with E-state index in [9.17, 15) is 9.59 Å². The maximum absolute atomic E-state index is 12.1. The average molecular weight is 260 g/mol. The summed E-state index contributed by atoms with van der Waals surface area (Å²) in [5, 5.41) is 0. The zero-order valence-electron chi connectivity index (χ0n) is 11.4. The molecule has 0 spiro atoms. The van der Waals surface area contributed by atoms with Crippen molar-refractivity contribution in [3.63, 3.8) is 0 Å². The molecule has 1 fully saturated rings. The van der Waals surface area contributed by atoms with E-state index in [1.54, 1.807) is 0 Å². The lowest BCUT2D eigenvalue weighted by atomic mass is 9.65. The molecule has 1 aromatic rings. The Bertz CT molecular complexity index is 446. The SMILES string of the molecule is CCOC(=O)C1(CCC(=O)c2ccccc2)CCC1. The summed E-state index contributed by atoms with van der Waals surface area (Å²) in [4.78, 5) is 24.0. The number of esters is 1. The molecule has 2 rings (SSSR count). The van der Waals surface area contributed by atoms with Crippen LogP contribution in [0.3, 0.4) is 0 Å². The zero-order valence-corrected chi connectivity index (χ0v) is 11.4. The fourth-order valence-electron chi connectivity index (χ4n) is 2.57. The molecule has 19 heavy (non-hydrogen) atoms. The summed E-state index contributed by atoms with van der Waals surface area (Å²) in [6, 6.07) is 9.25. The van der Waals surface area contributed by atoms with E-state index in [-0.39, 0.29) is 17.2 Å². The molecule has 1 aliphatic carbocycles. The molecule has 0 atom stereocenters. The highest BCUT2D eigenvalue weighted by atomic mass is 16.5.